The molecule has 0 unspecified atom stereocenters. The fourth-order valence-electron chi connectivity index (χ4n) is 2.65. The van der Waals surface area contributed by atoms with Crippen LogP contribution in [0.2, 0.25) is 0 Å². The van der Waals surface area contributed by atoms with Gasteiger partial charge >= 0.3 is 0 Å². The molecule has 3 rings (SSSR count). The Morgan fingerprint density at radius 1 is 0.939 bits per heavy atom. The van der Waals surface area contributed by atoms with Crippen molar-refractivity contribution in [3.63, 3.8) is 0 Å². The number of nitrogens with zero attached hydrogens (tertiary/aromatic N) is 1. The number of halogens is 1. The lowest BCUT2D eigenvalue weighted by atomic mass is 10.2. The first-order chi connectivity index (χ1) is 15.6. The van der Waals surface area contributed by atoms with Gasteiger partial charge in [-0.15, -0.1) is 0 Å². The van der Waals surface area contributed by atoms with Crippen molar-refractivity contribution in [3.05, 3.63) is 93.8 Å². The number of nitrogens with one attached hydrogen (secondary N) is 2. The maximum Gasteiger partial charge on any atom is 0.271 e. The Kier molecular flexibility index (Phi) is 7.09. The monoisotopic (exact) mass is 489 g/mol. The molecule has 0 radical (unpaired) electrons. The number of carbonyl (C=O) groups excluding carboxylic acids is 2. The zero-order chi connectivity index (χ0) is 24.2. The minimum absolute atomic E-state index is 0.0227. The molecule has 0 saturated carbocycles. The first-order valence-corrected chi connectivity index (χ1v) is 11.9. The highest BCUT2D eigenvalue weighted by atomic mass is 32.2. The summed E-state index contributed by atoms with van der Waals surface area (Å²) in [5.41, 5.74) is 3.89. The largest absolute Gasteiger partial charge is 0.271 e. The molecule has 3 aromatic rings. The summed E-state index contributed by atoms with van der Waals surface area (Å²) in [6.45, 7) is 0. The van der Waals surface area contributed by atoms with E-state index in [1.54, 1.807) is 6.07 Å². The maximum absolute atomic E-state index is 14.0. The van der Waals surface area contributed by atoms with E-state index in [2.05, 4.69) is 10.9 Å². The van der Waals surface area contributed by atoms with Gasteiger partial charge in [0.1, 0.15) is 5.82 Å². The number of nitro benzene ring substituents is 1. The van der Waals surface area contributed by atoms with E-state index in [-0.39, 0.29) is 31.5 Å². The van der Waals surface area contributed by atoms with Crippen LogP contribution in [0.4, 0.5) is 10.1 Å². The van der Waals surface area contributed by atoms with E-state index in [4.69, 9.17) is 0 Å². The summed E-state index contributed by atoms with van der Waals surface area (Å²) in [6.07, 6.45) is 1.03. The average Bonchev–Trinajstić information content (AvgIpc) is 2.78. The summed E-state index contributed by atoms with van der Waals surface area (Å²) >= 11 is 0.896. The van der Waals surface area contributed by atoms with Crippen LogP contribution in [0.1, 0.15) is 20.7 Å². The van der Waals surface area contributed by atoms with Crippen molar-refractivity contribution in [1.29, 1.82) is 0 Å². The SMILES string of the molecule is CS(=O)(=O)c1ccc(C(=O)NNC(=O)c2cc([N+](=O)[O-])ccc2Sc2ccccc2F)cc1. The normalized spacial score (nSPS) is 11.0. The molecular formula is C21H16FN3O6S2. The predicted octanol–water partition coefficient (Wildman–Crippen LogP) is 3.36. The van der Waals surface area contributed by atoms with Gasteiger partial charge in [-0.25, -0.2) is 12.8 Å². The summed E-state index contributed by atoms with van der Waals surface area (Å²) in [6, 6.07) is 14.4. The van der Waals surface area contributed by atoms with Crippen LogP contribution >= 0.6 is 11.8 Å². The summed E-state index contributed by atoms with van der Waals surface area (Å²) in [4.78, 5) is 35.9. The standard InChI is InChI=1S/C21H16FN3O6S2/c1-33(30,31)15-9-6-13(7-10-15)20(26)23-24-21(27)16-12-14(25(28)29)8-11-18(16)32-19-5-3-2-4-17(19)22/h2-12H,1H3,(H,23,26)(H,24,27). The number of nitro groups is 1. The molecule has 0 saturated heterocycles. The molecule has 9 nitrogen and oxygen atoms in total. The van der Waals surface area contributed by atoms with Gasteiger partial charge in [-0.1, -0.05) is 23.9 Å². The lowest BCUT2D eigenvalue weighted by Crippen LogP contribution is -2.41. The Hall–Kier alpha value is -3.77. The lowest BCUT2D eigenvalue weighted by molar-refractivity contribution is -0.384. The second kappa shape index (κ2) is 9.79. The number of benzene rings is 3. The molecule has 0 heterocycles. The minimum atomic E-state index is -3.44. The first-order valence-electron chi connectivity index (χ1n) is 9.18. The van der Waals surface area contributed by atoms with E-state index in [0.29, 0.717) is 0 Å². The number of carbonyl (C=O) groups is 2. The van der Waals surface area contributed by atoms with Gasteiger partial charge in [0.25, 0.3) is 17.5 Å². The number of amides is 2. The summed E-state index contributed by atoms with van der Waals surface area (Å²) < 4.78 is 37.1. The van der Waals surface area contributed by atoms with Crippen LogP contribution in [-0.2, 0) is 9.84 Å². The maximum atomic E-state index is 14.0. The molecule has 0 aromatic heterocycles. The highest BCUT2D eigenvalue weighted by Crippen LogP contribution is 2.34. The lowest BCUT2D eigenvalue weighted by Gasteiger charge is -2.11. The smallest absolute Gasteiger partial charge is 0.267 e. The Balaban J connectivity index is 1.80. The number of hydrogen-bond donors (Lipinski definition) is 2. The Morgan fingerprint density at radius 2 is 1.58 bits per heavy atom. The summed E-state index contributed by atoms with van der Waals surface area (Å²) in [5, 5.41) is 11.1. The van der Waals surface area contributed by atoms with Crippen LogP contribution in [0.15, 0.2) is 81.4 Å². The molecule has 0 fully saturated rings. The van der Waals surface area contributed by atoms with Crippen molar-refractivity contribution < 1.29 is 27.3 Å². The molecule has 2 amide bonds. The van der Waals surface area contributed by atoms with Crippen molar-refractivity contribution in [3.8, 4) is 0 Å². The van der Waals surface area contributed by atoms with Gasteiger partial charge in [0.05, 0.1) is 15.4 Å². The van der Waals surface area contributed by atoms with Crippen LogP contribution in [0.3, 0.4) is 0 Å². The number of non-ortho nitro benzene ring substituents is 1. The zero-order valence-corrected chi connectivity index (χ0v) is 18.6. The third kappa shape index (κ3) is 5.93. The third-order valence-electron chi connectivity index (χ3n) is 4.31. The second-order valence-corrected chi connectivity index (χ2v) is 9.77. The highest BCUT2D eigenvalue weighted by Gasteiger charge is 2.19. The molecule has 0 spiro atoms. The molecule has 0 aliphatic heterocycles. The molecule has 0 aliphatic carbocycles. The second-order valence-electron chi connectivity index (χ2n) is 6.67. The molecule has 33 heavy (non-hydrogen) atoms. The number of hydrogen-bond acceptors (Lipinski definition) is 7. The van der Waals surface area contributed by atoms with E-state index in [0.717, 1.165) is 24.1 Å². The van der Waals surface area contributed by atoms with Gasteiger partial charge in [-0.05, 0) is 42.5 Å². The number of sulfone groups is 1. The van der Waals surface area contributed by atoms with Crippen LogP contribution in [0.5, 0.6) is 0 Å². The summed E-state index contributed by atoms with van der Waals surface area (Å²) in [7, 11) is -3.44. The van der Waals surface area contributed by atoms with Crippen LogP contribution in [0.25, 0.3) is 0 Å². The Bertz CT molecular complexity index is 1340. The van der Waals surface area contributed by atoms with E-state index < -0.39 is 32.4 Å². The van der Waals surface area contributed by atoms with Crippen molar-refractivity contribution >= 4 is 39.1 Å². The molecule has 2 N–H and O–H groups in total. The van der Waals surface area contributed by atoms with Crippen molar-refractivity contribution in [2.75, 3.05) is 6.26 Å². The molecule has 170 valence electrons. The topological polar surface area (TPSA) is 135 Å². The molecule has 0 aliphatic rings. The molecular weight excluding hydrogens is 473 g/mol. The van der Waals surface area contributed by atoms with Crippen molar-refractivity contribution in [2.24, 2.45) is 0 Å². The Morgan fingerprint density at radius 3 is 2.18 bits per heavy atom. The summed E-state index contributed by atoms with van der Waals surface area (Å²) in [5.74, 6) is -2.13. The van der Waals surface area contributed by atoms with Gasteiger partial charge in [0.2, 0.25) is 0 Å². The van der Waals surface area contributed by atoms with Crippen LogP contribution in [-0.4, -0.2) is 31.4 Å². The van der Waals surface area contributed by atoms with Gasteiger partial charge < -0.3 is 0 Å². The first kappa shape index (κ1) is 23.9. The van der Waals surface area contributed by atoms with E-state index in [1.807, 2.05) is 0 Å². The molecule has 0 bridgehead atoms. The van der Waals surface area contributed by atoms with E-state index in [9.17, 15) is 32.5 Å². The number of hydrazine groups is 1. The minimum Gasteiger partial charge on any atom is -0.267 e. The average molecular weight is 490 g/mol. The fraction of sp³-hybridized carbons (Fsp3) is 0.0476. The molecule has 3 aromatic carbocycles. The van der Waals surface area contributed by atoms with Gasteiger partial charge in [0.15, 0.2) is 9.84 Å². The zero-order valence-electron chi connectivity index (χ0n) is 16.9. The van der Waals surface area contributed by atoms with Crippen molar-refractivity contribution in [1.82, 2.24) is 10.9 Å². The van der Waals surface area contributed by atoms with Crippen LogP contribution in [0, 0.1) is 15.9 Å². The Labute approximate surface area is 192 Å². The molecule has 0 atom stereocenters. The molecule has 12 heteroatoms. The van der Waals surface area contributed by atoms with Crippen molar-refractivity contribution in [2.45, 2.75) is 14.7 Å². The predicted molar refractivity (Wildman–Crippen MR) is 118 cm³/mol. The van der Waals surface area contributed by atoms with E-state index in [1.165, 1.54) is 54.6 Å². The van der Waals surface area contributed by atoms with Gasteiger partial charge in [-0.2, -0.15) is 0 Å². The fourth-order valence-corrected chi connectivity index (χ4v) is 4.23. The van der Waals surface area contributed by atoms with Gasteiger partial charge in [0, 0.05) is 33.7 Å². The van der Waals surface area contributed by atoms with Gasteiger partial charge in [-0.3, -0.25) is 30.6 Å². The third-order valence-corrected chi connectivity index (χ3v) is 6.56. The quantitative estimate of drug-likeness (QED) is 0.400. The van der Waals surface area contributed by atoms with E-state index >= 15 is 0 Å². The van der Waals surface area contributed by atoms with Crippen LogP contribution < -0.4 is 10.9 Å². The highest BCUT2D eigenvalue weighted by molar-refractivity contribution is 7.99. The number of rotatable bonds is 6.